The highest BCUT2D eigenvalue weighted by atomic mass is 19.1. The van der Waals surface area contributed by atoms with E-state index in [1.165, 1.54) is 4.90 Å². The van der Waals surface area contributed by atoms with E-state index in [9.17, 15) is 18.7 Å². The first-order chi connectivity index (χ1) is 9.36. The third-order valence-corrected chi connectivity index (χ3v) is 3.34. The quantitative estimate of drug-likeness (QED) is 0.904. The average Bonchev–Trinajstić information content (AvgIpc) is 2.67. The molecule has 1 fully saturated rings. The van der Waals surface area contributed by atoms with Gasteiger partial charge in [-0.15, -0.1) is 0 Å². The molecule has 0 radical (unpaired) electrons. The fourth-order valence-electron chi connectivity index (χ4n) is 2.58. The van der Waals surface area contributed by atoms with E-state index in [-0.39, 0.29) is 18.2 Å². The number of aliphatic hydroxyl groups is 1. The second-order valence-electron chi connectivity index (χ2n) is 5.42. The van der Waals surface area contributed by atoms with Crippen LogP contribution >= 0.6 is 0 Å². The molecule has 2 atom stereocenters. The fraction of sp³-hybridized carbons (Fsp3) is 0.500. The lowest BCUT2D eigenvalue weighted by molar-refractivity contribution is 0.0698. The van der Waals surface area contributed by atoms with Crippen molar-refractivity contribution < 1.29 is 18.7 Å². The number of amides is 1. The SMILES string of the molecule is CN(C)CC1CC(O)CN1C(=O)c1cc(F)cc(F)c1. The molecule has 0 spiro atoms. The van der Waals surface area contributed by atoms with Crippen molar-refractivity contribution >= 4 is 5.91 Å². The predicted octanol–water partition coefficient (Wildman–Crippen LogP) is 1.10. The summed E-state index contributed by atoms with van der Waals surface area (Å²) in [7, 11) is 3.74. The lowest BCUT2D eigenvalue weighted by atomic mass is 10.1. The Bertz CT molecular complexity index is 488. The van der Waals surface area contributed by atoms with Crippen molar-refractivity contribution in [3.05, 3.63) is 35.4 Å². The summed E-state index contributed by atoms with van der Waals surface area (Å²) in [5, 5.41) is 9.73. The van der Waals surface area contributed by atoms with Gasteiger partial charge < -0.3 is 14.9 Å². The van der Waals surface area contributed by atoms with Gasteiger partial charge in [0.05, 0.1) is 6.10 Å². The number of rotatable bonds is 3. The molecule has 1 aliphatic rings. The smallest absolute Gasteiger partial charge is 0.254 e. The second kappa shape index (κ2) is 5.85. The Morgan fingerprint density at radius 1 is 1.35 bits per heavy atom. The van der Waals surface area contributed by atoms with Gasteiger partial charge >= 0.3 is 0 Å². The molecule has 1 saturated heterocycles. The van der Waals surface area contributed by atoms with Crippen LogP contribution in [0, 0.1) is 11.6 Å². The van der Waals surface area contributed by atoms with Crippen LogP contribution in [0.25, 0.3) is 0 Å². The van der Waals surface area contributed by atoms with Crippen molar-refractivity contribution in [3.8, 4) is 0 Å². The van der Waals surface area contributed by atoms with Crippen LogP contribution in [0.15, 0.2) is 18.2 Å². The van der Waals surface area contributed by atoms with Gasteiger partial charge in [-0.25, -0.2) is 8.78 Å². The van der Waals surface area contributed by atoms with Gasteiger partial charge in [-0.3, -0.25) is 4.79 Å². The van der Waals surface area contributed by atoms with Gasteiger partial charge in [0.25, 0.3) is 5.91 Å². The van der Waals surface area contributed by atoms with Gasteiger partial charge in [-0.05, 0) is 32.6 Å². The molecule has 1 heterocycles. The summed E-state index contributed by atoms with van der Waals surface area (Å²) in [5.41, 5.74) is -0.0274. The maximum atomic E-state index is 13.2. The molecular weight excluding hydrogens is 266 g/mol. The van der Waals surface area contributed by atoms with Crippen LogP contribution in [0.2, 0.25) is 0 Å². The number of aliphatic hydroxyl groups excluding tert-OH is 1. The molecule has 1 aliphatic heterocycles. The lowest BCUT2D eigenvalue weighted by Gasteiger charge is -2.26. The van der Waals surface area contributed by atoms with Crippen LogP contribution in [0.5, 0.6) is 0 Å². The number of β-amino-alcohol motifs (C(OH)–C–C–N with tert-alkyl or cyclic N) is 1. The second-order valence-corrected chi connectivity index (χ2v) is 5.42. The fourth-order valence-corrected chi connectivity index (χ4v) is 2.58. The molecule has 0 aliphatic carbocycles. The van der Waals surface area contributed by atoms with Crippen molar-refractivity contribution in [3.63, 3.8) is 0 Å². The molecule has 1 amide bonds. The van der Waals surface area contributed by atoms with Gasteiger partial charge in [0.1, 0.15) is 11.6 Å². The number of likely N-dealkylation sites (tertiary alicyclic amines) is 1. The summed E-state index contributed by atoms with van der Waals surface area (Å²) in [6.07, 6.45) is -0.121. The van der Waals surface area contributed by atoms with Crippen LogP contribution in [0.4, 0.5) is 8.78 Å². The molecule has 0 bridgehead atoms. The summed E-state index contributed by atoms with van der Waals surface area (Å²) in [6, 6.07) is 2.61. The maximum absolute atomic E-state index is 13.2. The van der Waals surface area contributed by atoms with Crippen molar-refractivity contribution in [1.82, 2.24) is 9.80 Å². The van der Waals surface area contributed by atoms with Crippen molar-refractivity contribution in [2.24, 2.45) is 0 Å². The first-order valence-electron chi connectivity index (χ1n) is 6.46. The van der Waals surface area contributed by atoms with E-state index >= 15 is 0 Å². The number of likely N-dealkylation sites (N-methyl/N-ethyl adjacent to an activating group) is 1. The number of hydrogen-bond acceptors (Lipinski definition) is 3. The zero-order valence-electron chi connectivity index (χ0n) is 11.5. The van der Waals surface area contributed by atoms with Crippen LogP contribution < -0.4 is 0 Å². The van der Waals surface area contributed by atoms with Gasteiger partial charge in [0.15, 0.2) is 0 Å². The van der Waals surface area contributed by atoms with Gasteiger partial charge in [0.2, 0.25) is 0 Å². The number of hydrogen-bond donors (Lipinski definition) is 1. The van der Waals surface area contributed by atoms with Crippen molar-refractivity contribution in [1.29, 1.82) is 0 Å². The summed E-state index contributed by atoms with van der Waals surface area (Å²) in [4.78, 5) is 15.7. The molecule has 0 aromatic heterocycles. The molecule has 110 valence electrons. The molecular formula is C14H18F2N2O2. The Kier molecular flexibility index (Phi) is 4.35. The minimum Gasteiger partial charge on any atom is -0.391 e. The molecule has 1 N–H and O–H groups in total. The number of benzene rings is 1. The molecule has 1 aromatic carbocycles. The third-order valence-electron chi connectivity index (χ3n) is 3.34. The average molecular weight is 284 g/mol. The zero-order chi connectivity index (χ0) is 14.9. The maximum Gasteiger partial charge on any atom is 0.254 e. The lowest BCUT2D eigenvalue weighted by Crippen LogP contribution is -2.41. The van der Waals surface area contributed by atoms with Crippen LogP contribution in [-0.2, 0) is 0 Å². The number of halogens is 2. The van der Waals surface area contributed by atoms with Gasteiger partial charge in [-0.2, -0.15) is 0 Å². The van der Waals surface area contributed by atoms with E-state index in [2.05, 4.69) is 0 Å². The van der Waals surface area contributed by atoms with E-state index in [1.54, 1.807) is 0 Å². The normalized spacial score (nSPS) is 22.6. The van der Waals surface area contributed by atoms with E-state index in [4.69, 9.17) is 0 Å². The van der Waals surface area contributed by atoms with Crippen molar-refractivity contribution in [2.75, 3.05) is 27.2 Å². The Morgan fingerprint density at radius 3 is 2.50 bits per heavy atom. The standard InChI is InChI=1S/C14H18F2N2O2/c1-17(2)7-12-6-13(19)8-18(12)14(20)9-3-10(15)5-11(16)4-9/h3-5,12-13,19H,6-8H2,1-2H3. The number of carbonyl (C=O) groups excluding carboxylic acids is 1. The molecule has 6 heteroatoms. The van der Waals surface area contributed by atoms with Crippen LogP contribution in [0.1, 0.15) is 16.8 Å². The minimum atomic E-state index is -0.780. The Morgan fingerprint density at radius 2 is 1.95 bits per heavy atom. The highest BCUT2D eigenvalue weighted by Crippen LogP contribution is 2.22. The first kappa shape index (κ1) is 14.9. The topological polar surface area (TPSA) is 43.8 Å². The third kappa shape index (κ3) is 3.32. The Labute approximate surface area is 116 Å². The summed E-state index contributed by atoms with van der Waals surface area (Å²) >= 11 is 0. The summed E-state index contributed by atoms with van der Waals surface area (Å²) in [6.45, 7) is 0.788. The van der Waals surface area contributed by atoms with Crippen LogP contribution in [-0.4, -0.2) is 60.1 Å². The minimum absolute atomic E-state index is 0.0274. The molecule has 2 unspecified atom stereocenters. The summed E-state index contributed by atoms with van der Waals surface area (Å²) < 4.78 is 26.4. The molecule has 20 heavy (non-hydrogen) atoms. The molecule has 4 nitrogen and oxygen atoms in total. The Hall–Kier alpha value is -1.53. The van der Waals surface area contributed by atoms with Gasteiger partial charge in [-0.1, -0.05) is 0 Å². The number of nitrogens with zero attached hydrogens (tertiary/aromatic N) is 2. The van der Waals surface area contributed by atoms with Gasteiger partial charge in [0, 0.05) is 30.8 Å². The summed E-state index contributed by atoms with van der Waals surface area (Å²) in [5.74, 6) is -2.01. The highest BCUT2D eigenvalue weighted by molar-refractivity contribution is 5.94. The van der Waals surface area contributed by atoms with E-state index < -0.39 is 23.6 Å². The number of carbonyl (C=O) groups is 1. The van der Waals surface area contributed by atoms with E-state index in [0.29, 0.717) is 13.0 Å². The first-order valence-corrected chi connectivity index (χ1v) is 6.46. The highest BCUT2D eigenvalue weighted by Gasteiger charge is 2.35. The van der Waals surface area contributed by atoms with Crippen LogP contribution in [0.3, 0.4) is 0 Å². The van der Waals surface area contributed by atoms with E-state index in [1.807, 2.05) is 19.0 Å². The predicted molar refractivity (Wildman–Crippen MR) is 70.4 cm³/mol. The van der Waals surface area contributed by atoms with Crippen molar-refractivity contribution in [2.45, 2.75) is 18.6 Å². The molecule has 1 aromatic rings. The van der Waals surface area contributed by atoms with E-state index in [0.717, 1.165) is 18.2 Å². The molecule has 0 saturated carbocycles. The zero-order valence-corrected chi connectivity index (χ0v) is 11.5. The largest absolute Gasteiger partial charge is 0.391 e. The monoisotopic (exact) mass is 284 g/mol. The Balaban J connectivity index is 2.22. The molecule has 2 rings (SSSR count).